The number of carboxylic acid groups (broad SMARTS) is 1. The standard InChI is InChI=1S/C26H22FN3O5S/c1-35-21-12-2-16(3-13-21)15-30-23(31)14-22(36-26(30)29-20-10-6-18(27)7-11-20)24(32)28-19-8-4-17(5-9-19)25(33)34/h2-13,22H,14-15H2,1H3,(H,28,32)(H,33,34)/t22-/m0/s1. The first-order chi connectivity index (χ1) is 17.3. The second kappa shape index (κ2) is 11.0. The number of anilines is 1. The van der Waals surface area contributed by atoms with Gasteiger partial charge in [0.15, 0.2) is 5.17 Å². The summed E-state index contributed by atoms with van der Waals surface area (Å²) in [7, 11) is 1.57. The van der Waals surface area contributed by atoms with Gasteiger partial charge in [0.25, 0.3) is 0 Å². The highest BCUT2D eigenvalue weighted by Crippen LogP contribution is 2.31. The highest BCUT2D eigenvalue weighted by Gasteiger charge is 2.36. The van der Waals surface area contributed by atoms with E-state index in [0.29, 0.717) is 22.3 Å². The van der Waals surface area contributed by atoms with Crippen LogP contribution in [0.3, 0.4) is 0 Å². The Kier molecular flexibility index (Phi) is 7.65. The molecule has 4 rings (SSSR count). The molecule has 1 fully saturated rings. The van der Waals surface area contributed by atoms with E-state index in [0.717, 1.165) is 17.3 Å². The Bertz CT molecular complexity index is 1290. The topological polar surface area (TPSA) is 108 Å². The molecule has 3 aromatic rings. The number of amidine groups is 1. The van der Waals surface area contributed by atoms with Crippen molar-refractivity contribution in [2.24, 2.45) is 4.99 Å². The summed E-state index contributed by atoms with van der Waals surface area (Å²) in [4.78, 5) is 43.2. The van der Waals surface area contributed by atoms with Crippen LogP contribution in [0.1, 0.15) is 22.3 Å². The van der Waals surface area contributed by atoms with Gasteiger partial charge in [0.2, 0.25) is 11.8 Å². The highest BCUT2D eigenvalue weighted by atomic mass is 32.2. The summed E-state index contributed by atoms with van der Waals surface area (Å²) in [6.07, 6.45) is -0.0533. The molecule has 3 aromatic carbocycles. The molecule has 1 heterocycles. The number of carbonyl (C=O) groups is 3. The number of hydrogen-bond donors (Lipinski definition) is 2. The van der Waals surface area contributed by atoms with Crippen molar-refractivity contribution >= 4 is 46.1 Å². The molecule has 1 atom stereocenters. The lowest BCUT2D eigenvalue weighted by Gasteiger charge is -2.32. The fraction of sp³-hybridized carbons (Fsp3) is 0.154. The van der Waals surface area contributed by atoms with Gasteiger partial charge in [-0.15, -0.1) is 0 Å². The van der Waals surface area contributed by atoms with Gasteiger partial charge in [0.05, 0.1) is 24.9 Å². The molecule has 0 radical (unpaired) electrons. The van der Waals surface area contributed by atoms with Crippen molar-refractivity contribution < 1.29 is 28.6 Å². The Hall–Kier alpha value is -4.18. The number of benzene rings is 3. The number of rotatable bonds is 7. The van der Waals surface area contributed by atoms with Gasteiger partial charge in [-0.1, -0.05) is 23.9 Å². The number of hydrogen-bond acceptors (Lipinski definition) is 6. The normalized spacial score (nSPS) is 16.6. The highest BCUT2D eigenvalue weighted by molar-refractivity contribution is 8.15. The van der Waals surface area contributed by atoms with E-state index in [4.69, 9.17) is 9.84 Å². The van der Waals surface area contributed by atoms with Gasteiger partial charge in [0.1, 0.15) is 16.8 Å². The average Bonchev–Trinajstić information content (AvgIpc) is 2.88. The molecular weight excluding hydrogens is 485 g/mol. The first-order valence-electron chi connectivity index (χ1n) is 10.9. The van der Waals surface area contributed by atoms with Crippen LogP contribution in [0, 0.1) is 5.82 Å². The molecule has 2 amide bonds. The van der Waals surface area contributed by atoms with Crippen LogP contribution in [0.15, 0.2) is 77.8 Å². The minimum atomic E-state index is -1.07. The molecule has 0 spiro atoms. The zero-order valence-electron chi connectivity index (χ0n) is 19.2. The first kappa shape index (κ1) is 24.9. The molecule has 1 aliphatic heterocycles. The summed E-state index contributed by atoms with van der Waals surface area (Å²) in [5.41, 5.74) is 1.79. The number of methoxy groups -OCH3 is 1. The maximum atomic E-state index is 13.4. The first-order valence-corrected chi connectivity index (χ1v) is 11.8. The fourth-order valence-electron chi connectivity index (χ4n) is 3.46. The van der Waals surface area contributed by atoms with Crippen LogP contribution in [-0.2, 0) is 16.1 Å². The summed E-state index contributed by atoms with van der Waals surface area (Å²) < 4.78 is 18.6. The van der Waals surface area contributed by atoms with Gasteiger partial charge in [0, 0.05) is 12.1 Å². The quantitative estimate of drug-likeness (QED) is 0.480. The van der Waals surface area contributed by atoms with Crippen molar-refractivity contribution in [3.05, 3.63) is 89.7 Å². The lowest BCUT2D eigenvalue weighted by molar-refractivity contribution is -0.129. The smallest absolute Gasteiger partial charge is 0.335 e. The summed E-state index contributed by atoms with van der Waals surface area (Å²) >= 11 is 1.14. The van der Waals surface area contributed by atoms with Gasteiger partial charge in [-0.3, -0.25) is 14.5 Å². The second-order valence-corrected chi connectivity index (χ2v) is 9.05. The SMILES string of the molecule is COc1ccc(CN2C(=O)C[C@@H](C(=O)Nc3ccc(C(=O)O)cc3)SC2=Nc2ccc(F)cc2)cc1. The minimum Gasteiger partial charge on any atom is -0.497 e. The van der Waals surface area contributed by atoms with E-state index in [2.05, 4.69) is 10.3 Å². The van der Waals surface area contributed by atoms with Crippen molar-refractivity contribution in [3.63, 3.8) is 0 Å². The fourth-order valence-corrected chi connectivity index (χ4v) is 4.55. The maximum Gasteiger partial charge on any atom is 0.335 e. The summed E-state index contributed by atoms with van der Waals surface area (Å²) in [5, 5.41) is 11.3. The Morgan fingerprint density at radius 1 is 1.08 bits per heavy atom. The Balaban J connectivity index is 1.56. The summed E-state index contributed by atoms with van der Waals surface area (Å²) in [5.74, 6) is -1.49. The lowest BCUT2D eigenvalue weighted by atomic mass is 10.1. The van der Waals surface area contributed by atoms with Gasteiger partial charge in [-0.25, -0.2) is 14.2 Å². The third kappa shape index (κ3) is 6.08. The lowest BCUT2D eigenvalue weighted by Crippen LogP contribution is -2.44. The molecular formula is C26H22FN3O5S. The van der Waals surface area contributed by atoms with Crippen LogP contribution >= 0.6 is 11.8 Å². The monoisotopic (exact) mass is 507 g/mol. The molecule has 0 bridgehead atoms. The van der Waals surface area contributed by atoms with E-state index >= 15 is 0 Å². The minimum absolute atomic E-state index is 0.0533. The number of nitrogens with zero attached hydrogens (tertiary/aromatic N) is 2. The number of halogens is 1. The van der Waals surface area contributed by atoms with Crippen LogP contribution in [0.4, 0.5) is 15.8 Å². The molecule has 184 valence electrons. The molecule has 2 N–H and O–H groups in total. The van der Waals surface area contributed by atoms with E-state index in [9.17, 15) is 18.8 Å². The van der Waals surface area contributed by atoms with Gasteiger partial charge in [-0.2, -0.15) is 0 Å². The molecule has 0 aliphatic carbocycles. The number of nitrogens with one attached hydrogen (secondary N) is 1. The van der Waals surface area contributed by atoms with Gasteiger partial charge < -0.3 is 15.2 Å². The largest absolute Gasteiger partial charge is 0.497 e. The zero-order valence-corrected chi connectivity index (χ0v) is 20.0. The Morgan fingerprint density at radius 2 is 1.75 bits per heavy atom. The Morgan fingerprint density at radius 3 is 2.36 bits per heavy atom. The molecule has 0 unspecified atom stereocenters. The number of aromatic carboxylic acids is 1. The number of aliphatic imine (C=N–C) groups is 1. The van der Waals surface area contributed by atoms with Crippen molar-refractivity contribution in [2.45, 2.75) is 18.2 Å². The van der Waals surface area contributed by atoms with Gasteiger partial charge in [-0.05, 0) is 66.2 Å². The average molecular weight is 508 g/mol. The van der Waals surface area contributed by atoms with E-state index in [1.807, 2.05) is 12.1 Å². The molecule has 8 nitrogen and oxygen atoms in total. The molecule has 0 saturated carbocycles. The predicted molar refractivity (Wildman–Crippen MR) is 135 cm³/mol. The summed E-state index contributed by atoms with van der Waals surface area (Å²) in [6, 6.07) is 18.5. The van der Waals surface area contributed by atoms with Crippen LogP contribution in [0.5, 0.6) is 5.75 Å². The predicted octanol–water partition coefficient (Wildman–Crippen LogP) is 4.69. The number of ether oxygens (including phenoxy) is 1. The zero-order chi connectivity index (χ0) is 25.7. The number of amides is 2. The molecule has 1 aliphatic rings. The molecule has 1 saturated heterocycles. The third-order valence-corrected chi connectivity index (χ3v) is 6.57. The second-order valence-electron chi connectivity index (χ2n) is 7.88. The summed E-state index contributed by atoms with van der Waals surface area (Å²) in [6.45, 7) is 0.237. The van der Waals surface area contributed by atoms with Gasteiger partial charge >= 0.3 is 5.97 Å². The van der Waals surface area contributed by atoms with Crippen molar-refractivity contribution in [1.29, 1.82) is 0 Å². The van der Waals surface area contributed by atoms with Crippen LogP contribution < -0.4 is 10.1 Å². The van der Waals surface area contributed by atoms with Crippen LogP contribution in [0.2, 0.25) is 0 Å². The van der Waals surface area contributed by atoms with E-state index in [1.54, 1.807) is 19.2 Å². The van der Waals surface area contributed by atoms with E-state index < -0.39 is 22.9 Å². The molecule has 36 heavy (non-hydrogen) atoms. The van der Waals surface area contributed by atoms with Crippen molar-refractivity contribution in [3.8, 4) is 5.75 Å². The number of thioether (sulfide) groups is 1. The van der Waals surface area contributed by atoms with Crippen LogP contribution in [-0.4, -0.2) is 45.3 Å². The Labute approximate surface area is 210 Å². The number of carboxylic acids is 1. The van der Waals surface area contributed by atoms with E-state index in [-0.39, 0.29) is 24.4 Å². The number of carbonyl (C=O) groups excluding carboxylic acids is 2. The van der Waals surface area contributed by atoms with Crippen molar-refractivity contribution in [2.75, 3.05) is 12.4 Å². The molecule has 10 heteroatoms. The third-order valence-electron chi connectivity index (χ3n) is 5.38. The van der Waals surface area contributed by atoms with E-state index in [1.165, 1.54) is 53.4 Å². The molecule has 0 aromatic heterocycles. The maximum absolute atomic E-state index is 13.4. The van der Waals surface area contributed by atoms with Crippen molar-refractivity contribution in [1.82, 2.24) is 4.90 Å². The van der Waals surface area contributed by atoms with Crippen LogP contribution in [0.25, 0.3) is 0 Å².